The van der Waals surface area contributed by atoms with Gasteiger partial charge in [-0.2, -0.15) is 0 Å². The lowest BCUT2D eigenvalue weighted by Gasteiger charge is -2.15. The van der Waals surface area contributed by atoms with E-state index < -0.39 is 5.97 Å². The molecule has 0 unspecified atom stereocenters. The highest BCUT2D eigenvalue weighted by Gasteiger charge is 2.33. The first-order valence-electron chi connectivity index (χ1n) is 8.92. The maximum absolute atomic E-state index is 13.0. The summed E-state index contributed by atoms with van der Waals surface area (Å²) in [6, 6.07) is 15.4. The van der Waals surface area contributed by atoms with Crippen molar-refractivity contribution in [1.82, 2.24) is 0 Å². The largest absolute Gasteiger partial charge is 0.478 e. The van der Waals surface area contributed by atoms with Crippen molar-refractivity contribution < 1.29 is 19.1 Å². The van der Waals surface area contributed by atoms with Crippen molar-refractivity contribution in [3.05, 3.63) is 75.8 Å². The molecular weight excluding hydrogens is 474 g/mol. The summed E-state index contributed by atoms with van der Waals surface area (Å²) in [5.74, 6) is -0.441. The second-order valence-corrected chi connectivity index (χ2v) is 9.38. The first-order chi connectivity index (χ1) is 14.9. The highest BCUT2D eigenvalue weighted by Crippen LogP contribution is 2.38. The fourth-order valence-corrected chi connectivity index (χ4v) is 4.93. The number of rotatable bonds is 5. The number of amides is 1. The van der Waals surface area contributed by atoms with Crippen LogP contribution in [-0.2, 0) is 4.79 Å². The number of carboxylic acids is 1. The second kappa shape index (κ2) is 8.92. The lowest BCUT2D eigenvalue weighted by atomic mass is 10.1. The van der Waals surface area contributed by atoms with Gasteiger partial charge in [0, 0.05) is 16.5 Å². The number of hydrogen-bond donors (Lipinski definition) is 1. The van der Waals surface area contributed by atoms with Crippen LogP contribution in [0.4, 0.5) is 5.69 Å². The van der Waals surface area contributed by atoms with Gasteiger partial charge in [-0.3, -0.25) is 9.69 Å². The fourth-order valence-electron chi connectivity index (χ4n) is 2.99. The van der Waals surface area contributed by atoms with E-state index in [1.165, 1.54) is 34.9 Å². The lowest BCUT2D eigenvalue weighted by molar-refractivity contribution is -0.113. The molecule has 156 valence electrons. The molecule has 0 atom stereocenters. The predicted molar refractivity (Wildman–Crippen MR) is 130 cm³/mol. The van der Waals surface area contributed by atoms with Gasteiger partial charge in [-0.25, -0.2) is 4.79 Å². The van der Waals surface area contributed by atoms with E-state index in [9.17, 15) is 14.7 Å². The number of carbonyl (C=O) groups is 2. The van der Waals surface area contributed by atoms with Gasteiger partial charge in [-0.05, 0) is 54.8 Å². The number of furan rings is 1. The Balaban J connectivity index is 1.63. The molecular formula is C22H14ClNO4S3. The van der Waals surface area contributed by atoms with E-state index in [-0.39, 0.29) is 11.5 Å². The van der Waals surface area contributed by atoms with Gasteiger partial charge in [0.25, 0.3) is 5.91 Å². The summed E-state index contributed by atoms with van der Waals surface area (Å²) in [6.45, 7) is 0. The van der Waals surface area contributed by atoms with E-state index in [1.54, 1.807) is 30.0 Å². The highest BCUT2D eigenvalue weighted by molar-refractivity contribution is 8.27. The number of hydrogen-bond acceptors (Lipinski definition) is 6. The van der Waals surface area contributed by atoms with Gasteiger partial charge in [-0.1, -0.05) is 41.6 Å². The summed E-state index contributed by atoms with van der Waals surface area (Å²) in [4.78, 5) is 27.2. The number of carboxylic acid groups (broad SMARTS) is 1. The molecule has 0 aliphatic carbocycles. The third kappa shape index (κ3) is 4.43. The minimum Gasteiger partial charge on any atom is -0.478 e. The number of benzene rings is 2. The average Bonchev–Trinajstić information content (AvgIpc) is 3.32. The summed E-state index contributed by atoms with van der Waals surface area (Å²) in [5, 5.41) is 9.57. The van der Waals surface area contributed by atoms with Crippen LogP contribution in [0.5, 0.6) is 0 Å². The third-order valence-corrected chi connectivity index (χ3v) is 6.84. The second-order valence-electron chi connectivity index (χ2n) is 6.42. The van der Waals surface area contributed by atoms with Crippen LogP contribution >= 0.6 is 47.3 Å². The molecule has 31 heavy (non-hydrogen) atoms. The molecule has 2 aromatic carbocycles. The monoisotopic (exact) mass is 487 g/mol. The van der Waals surface area contributed by atoms with E-state index in [0.29, 0.717) is 31.3 Å². The number of anilines is 1. The molecule has 3 aromatic rings. The Hall–Kier alpha value is -2.52. The first kappa shape index (κ1) is 21.7. The Morgan fingerprint density at radius 1 is 1.23 bits per heavy atom. The zero-order valence-corrected chi connectivity index (χ0v) is 19.2. The van der Waals surface area contributed by atoms with Gasteiger partial charge < -0.3 is 9.52 Å². The molecule has 1 N–H and O–H groups in total. The van der Waals surface area contributed by atoms with E-state index in [0.717, 1.165) is 10.6 Å². The molecule has 1 amide bonds. The lowest BCUT2D eigenvalue weighted by Crippen LogP contribution is -2.27. The molecule has 2 heterocycles. The Kier molecular flexibility index (Phi) is 6.24. The molecule has 4 rings (SSSR count). The topological polar surface area (TPSA) is 70.8 Å². The zero-order chi connectivity index (χ0) is 22.1. The van der Waals surface area contributed by atoms with Crippen LogP contribution in [0, 0.1) is 0 Å². The standard InChI is InChI=1S/C22H14ClNO4S3/c1-30-15-4-2-3-13(10-15)24-20(25)19(31-22(24)29)11-14-6-8-18(28-14)16-9-12(21(26)27)5-7-17(16)23/h2-11H,1H3,(H,26,27)/b19-11-. The quantitative estimate of drug-likeness (QED) is 0.252. The number of thioether (sulfide) groups is 2. The van der Waals surface area contributed by atoms with Gasteiger partial charge in [0.05, 0.1) is 21.2 Å². The van der Waals surface area contributed by atoms with E-state index in [4.69, 9.17) is 28.2 Å². The molecule has 1 aliphatic heterocycles. The maximum atomic E-state index is 13.0. The van der Waals surface area contributed by atoms with Gasteiger partial charge in [0.15, 0.2) is 4.32 Å². The summed E-state index contributed by atoms with van der Waals surface area (Å²) in [5.41, 5.74) is 1.28. The van der Waals surface area contributed by atoms with Crippen LogP contribution in [-0.4, -0.2) is 27.6 Å². The van der Waals surface area contributed by atoms with E-state index in [1.807, 2.05) is 30.5 Å². The van der Waals surface area contributed by atoms with Crippen molar-refractivity contribution in [2.75, 3.05) is 11.2 Å². The molecule has 0 saturated carbocycles. The number of halogens is 1. The minimum atomic E-state index is -1.06. The Morgan fingerprint density at radius 3 is 2.77 bits per heavy atom. The SMILES string of the molecule is CSc1cccc(N2C(=O)/C(=C/c3ccc(-c4cc(C(=O)O)ccc4Cl)o3)SC2=S)c1. The van der Waals surface area contributed by atoms with Crippen molar-refractivity contribution >= 4 is 75.3 Å². The molecule has 0 bridgehead atoms. The molecule has 1 saturated heterocycles. The number of aromatic carboxylic acids is 1. The summed E-state index contributed by atoms with van der Waals surface area (Å²) in [7, 11) is 0. The van der Waals surface area contributed by atoms with Gasteiger partial charge >= 0.3 is 5.97 Å². The molecule has 0 radical (unpaired) electrons. The van der Waals surface area contributed by atoms with Gasteiger partial charge in [0.1, 0.15) is 11.5 Å². The molecule has 9 heteroatoms. The van der Waals surface area contributed by atoms with E-state index in [2.05, 4.69) is 0 Å². The predicted octanol–water partition coefficient (Wildman–Crippen LogP) is 6.43. The van der Waals surface area contributed by atoms with Crippen molar-refractivity contribution in [3.8, 4) is 11.3 Å². The first-order valence-corrected chi connectivity index (χ1v) is 11.7. The number of nitrogens with zero attached hydrogens (tertiary/aromatic N) is 1. The van der Waals surface area contributed by atoms with Gasteiger partial charge in [0.2, 0.25) is 0 Å². The highest BCUT2D eigenvalue weighted by atomic mass is 35.5. The normalized spacial score (nSPS) is 15.2. The Morgan fingerprint density at radius 2 is 2.03 bits per heavy atom. The fraction of sp³-hybridized carbons (Fsp3) is 0.0455. The maximum Gasteiger partial charge on any atom is 0.335 e. The van der Waals surface area contributed by atoms with Crippen LogP contribution in [0.15, 0.2) is 68.8 Å². The molecule has 0 spiro atoms. The molecule has 1 aromatic heterocycles. The van der Waals surface area contributed by atoms with Crippen molar-refractivity contribution in [2.45, 2.75) is 4.90 Å². The Labute approximate surface area is 197 Å². The van der Waals surface area contributed by atoms with Crippen LogP contribution in [0.1, 0.15) is 16.1 Å². The van der Waals surface area contributed by atoms with Crippen molar-refractivity contribution in [2.24, 2.45) is 0 Å². The molecule has 1 aliphatic rings. The van der Waals surface area contributed by atoms with E-state index >= 15 is 0 Å². The molecule has 5 nitrogen and oxygen atoms in total. The number of carbonyl (C=O) groups excluding carboxylic acids is 1. The minimum absolute atomic E-state index is 0.102. The van der Waals surface area contributed by atoms with Gasteiger partial charge in [-0.15, -0.1) is 11.8 Å². The van der Waals surface area contributed by atoms with Crippen molar-refractivity contribution in [3.63, 3.8) is 0 Å². The van der Waals surface area contributed by atoms with Crippen LogP contribution in [0.25, 0.3) is 17.4 Å². The summed E-state index contributed by atoms with van der Waals surface area (Å²) < 4.78 is 6.27. The average molecular weight is 488 g/mol. The summed E-state index contributed by atoms with van der Waals surface area (Å²) in [6.07, 6.45) is 3.59. The zero-order valence-electron chi connectivity index (χ0n) is 16.0. The smallest absolute Gasteiger partial charge is 0.335 e. The van der Waals surface area contributed by atoms with Crippen molar-refractivity contribution in [1.29, 1.82) is 0 Å². The van der Waals surface area contributed by atoms with Crippen LogP contribution in [0.3, 0.4) is 0 Å². The Bertz CT molecular complexity index is 1250. The number of thiocarbonyl (C=S) groups is 1. The third-order valence-electron chi connectivity index (χ3n) is 4.48. The summed E-state index contributed by atoms with van der Waals surface area (Å²) >= 11 is 14.4. The molecule has 1 fully saturated rings. The van der Waals surface area contributed by atoms with Crippen LogP contribution in [0.2, 0.25) is 5.02 Å². The van der Waals surface area contributed by atoms with Crippen LogP contribution < -0.4 is 4.90 Å².